The molecule has 0 heterocycles. The van der Waals surface area contributed by atoms with Crippen LogP contribution in [0.1, 0.15) is 52.0 Å². The Morgan fingerprint density at radius 2 is 1.89 bits per heavy atom. The van der Waals surface area contributed by atoms with Crippen LogP contribution >= 0.6 is 0 Å². The van der Waals surface area contributed by atoms with Crippen LogP contribution in [0.15, 0.2) is 30.3 Å². The summed E-state index contributed by atoms with van der Waals surface area (Å²) < 4.78 is 0. The second kappa shape index (κ2) is 7.09. The highest BCUT2D eigenvalue weighted by Crippen LogP contribution is 2.30. The first-order chi connectivity index (χ1) is 9.20. The highest BCUT2D eigenvalue weighted by atomic mass is 15.0. The molecule has 0 bridgehead atoms. The van der Waals surface area contributed by atoms with Crippen molar-refractivity contribution in [1.82, 2.24) is 5.32 Å². The Labute approximate surface area is 118 Å². The lowest BCUT2D eigenvalue weighted by Gasteiger charge is -2.37. The van der Waals surface area contributed by atoms with Crippen molar-refractivity contribution in [1.29, 1.82) is 0 Å². The Balaban J connectivity index is 1.91. The molecule has 0 spiro atoms. The van der Waals surface area contributed by atoms with E-state index in [0.717, 1.165) is 24.3 Å². The smallest absolute Gasteiger partial charge is 0.0108 e. The van der Waals surface area contributed by atoms with Crippen LogP contribution in [0, 0.1) is 11.8 Å². The SMILES string of the molecule is CCC(Cc1ccccc1)NC1CCCC(C)C1C. The fourth-order valence-electron chi connectivity index (χ4n) is 3.34. The second-order valence-corrected chi connectivity index (χ2v) is 6.34. The molecule has 1 heteroatoms. The van der Waals surface area contributed by atoms with Crippen molar-refractivity contribution in [2.75, 3.05) is 0 Å². The maximum Gasteiger partial charge on any atom is 0.0108 e. The third-order valence-electron chi connectivity index (χ3n) is 4.97. The van der Waals surface area contributed by atoms with Gasteiger partial charge in [-0.2, -0.15) is 0 Å². The average Bonchev–Trinajstić information content (AvgIpc) is 2.44. The summed E-state index contributed by atoms with van der Waals surface area (Å²) in [5, 5.41) is 3.93. The van der Waals surface area contributed by atoms with Crippen LogP contribution in [0.5, 0.6) is 0 Å². The van der Waals surface area contributed by atoms with E-state index in [1.807, 2.05) is 0 Å². The highest BCUT2D eigenvalue weighted by Gasteiger charge is 2.28. The van der Waals surface area contributed by atoms with Gasteiger partial charge in [-0.3, -0.25) is 0 Å². The van der Waals surface area contributed by atoms with E-state index >= 15 is 0 Å². The van der Waals surface area contributed by atoms with E-state index in [-0.39, 0.29) is 0 Å². The summed E-state index contributed by atoms with van der Waals surface area (Å²) in [4.78, 5) is 0. The summed E-state index contributed by atoms with van der Waals surface area (Å²) in [6, 6.07) is 12.2. The fourth-order valence-corrected chi connectivity index (χ4v) is 3.34. The Hall–Kier alpha value is -0.820. The lowest BCUT2D eigenvalue weighted by molar-refractivity contribution is 0.191. The van der Waals surface area contributed by atoms with Gasteiger partial charge in [-0.25, -0.2) is 0 Å². The van der Waals surface area contributed by atoms with Gasteiger partial charge < -0.3 is 5.32 Å². The Bertz CT molecular complexity index is 359. The number of nitrogens with one attached hydrogen (secondary N) is 1. The van der Waals surface area contributed by atoms with E-state index in [1.165, 1.54) is 31.2 Å². The van der Waals surface area contributed by atoms with E-state index in [0.29, 0.717) is 6.04 Å². The van der Waals surface area contributed by atoms with Crippen molar-refractivity contribution >= 4 is 0 Å². The number of rotatable bonds is 5. The fraction of sp³-hybridized carbons (Fsp3) is 0.667. The molecule has 0 aromatic heterocycles. The molecule has 1 nitrogen and oxygen atoms in total. The van der Waals surface area contributed by atoms with E-state index in [1.54, 1.807) is 0 Å². The molecule has 1 saturated carbocycles. The van der Waals surface area contributed by atoms with Crippen LogP contribution in [0.25, 0.3) is 0 Å². The van der Waals surface area contributed by atoms with E-state index in [9.17, 15) is 0 Å². The zero-order valence-electron chi connectivity index (χ0n) is 12.7. The van der Waals surface area contributed by atoms with Gasteiger partial charge in [0.25, 0.3) is 0 Å². The number of hydrogen-bond donors (Lipinski definition) is 1. The first kappa shape index (κ1) is 14.6. The molecule has 1 fully saturated rings. The first-order valence-corrected chi connectivity index (χ1v) is 8.00. The van der Waals surface area contributed by atoms with Gasteiger partial charge in [-0.1, -0.05) is 63.9 Å². The molecule has 19 heavy (non-hydrogen) atoms. The van der Waals surface area contributed by atoms with Crippen molar-refractivity contribution in [3.63, 3.8) is 0 Å². The molecule has 2 rings (SSSR count). The minimum atomic E-state index is 0.625. The monoisotopic (exact) mass is 259 g/mol. The van der Waals surface area contributed by atoms with Gasteiger partial charge >= 0.3 is 0 Å². The van der Waals surface area contributed by atoms with Crippen molar-refractivity contribution < 1.29 is 0 Å². The van der Waals surface area contributed by atoms with Crippen molar-refractivity contribution in [2.45, 2.75) is 65.0 Å². The van der Waals surface area contributed by atoms with Gasteiger partial charge in [0.2, 0.25) is 0 Å². The largest absolute Gasteiger partial charge is 0.311 e. The summed E-state index contributed by atoms with van der Waals surface area (Å²) in [6.45, 7) is 7.14. The van der Waals surface area contributed by atoms with Crippen LogP contribution < -0.4 is 5.32 Å². The molecular formula is C18H29N. The third kappa shape index (κ3) is 4.07. The van der Waals surface area contributed by atoms with Gasteiger partial charge in [0, 0.05) is 12.1 Å². The highest BCUT2D eigenvalue weighted by molar-refractivity contribution is 5.16. The lowest BCUT2D eigenvalue weighted by atomic mass is 9.77. The second-order valence-electron chi connectivity index (χ2n) is 6.34. The topological polar surface area (TPSA) is 12.0 Å². The standard InChI is InChI=1S/C18H29N/c1-4-17(13-16-10-6-5-7-11-16)19-18-12-8-9-14(2)15(18)3/h5-7,10-11,14-15,17-19H,4,8-9,12-13H2,1-3H3. The zero-order chi connectivity index (χ0) is 13.7. The Kier molecular flexibility index (Phi) is 5.45. The van der Waals surface area contributed by atoms with Gasteiger partial charge in [-0.15, -0.1) is 0 Å². The molecular weight excluding hydrogens is 230 g/mol. The zero-order valence-corrected chi connectivity index (χ0v) is 12.7. The van der Waals surface area contributed by atoms with Crippen molar-refractivity contribution in [2.24, 2.45) is 11.8 Å². The summed E-state index contributed by atoms with van der Waals surface area (Å²) in [6.07, 6.45) is 6.54. The molecule has 1 aliphatic carbocycles. The van der Waals surface area contributed by atoms with E-state index in [2.05, 4.69) is 56.4 Å². The maximum atomic E-state index is 3.93. The molecule has 4 unspecified atom stereocenters. The normalized spacial score (nSPS) is 29.1. The summed E-state index contributed by atoms with van der Waals surface area (Å²) in [5.74, 6) is 1.69. The van der Waals surface area contributed by atoms with Gasteiger partial charge in [-0.05, 0) is 36.7 Å². The van der Waals surface area contributed by atoms with E-state index in [4.69, 9.17) is 0 Å². The quantitative estimate of drug-likeness (QED) is 0.825. The first-order valence-electron chi connectivity index (χ1n) is 8.00. The third-order valence-corrected chi connectivity index (χ3v) is 4.97. The van der Waals surface area contributed by atoms with Crippen LogP contribution in [0.4, 0.5) is 0 Å². The minimum absolute atomic E-state index is 0.625. The van der Waals surface area contributed by atoms with Gasteiger partial charge in [0.15, 0.2) is 0 Å². The van der Waals surface area contributed by atoms with Crippen LogP contribution in [0.3, 0.4) is 0 Å². The average molecular weight is 259 g/mol. The number of benzene rings is 1. The summed E-state index contributed by atoms with van der Waals surface area (Å²) in [7, 11) is 0. The Morgan fingerprint density at radius 1 is 1.16 bits per heavy atom. The predicted octanol–water partition coefficient (Wildman–Crippen LogP) is 4.42. The molecule has 1 aromatic rings. The van der Waals surface area contributed by atoms with Gasteiger partial charge in [0.05, 0.1) is 0 Å². The van der Waals surface area contributed by atoms with Crippen molar-refractivity contribution in [3.05, 3.63) is 35.9 Å². The predicted molar refractivity (Wildman–Crippen MR) is 83.3 cm³/mol. The Morgan fingerprint density at radius 3 is 2.58 bits per heavy atom. The minimum Gasteiger partial charge on any atom is -0.311 e. The molecule has 0 radical (unpaired) electrons. The molecule has 0 saturated heterocycles. The summed E-state index contributed by atoms with van der Waals surface area (Å²) >= 11 is 0. The lowest BCUT2D eigenvalue weighted by Crippen LogP contribution is -2.46. The molecule has 106 valence electrons. The number of hydrogen-bond acceptors (Lipinski definition) is 1. The van der Waals surface area contributed by atoms with Crippen LogP contribution in [0.2, 0.25) is 0 Å². The van der Waals surface area contributed by atoms with E-state index < -0.39 is 0 Å². The maximum absolute atomic E-state index is 3.93. The molecule has 1 aliphatic rings. The molecule has 4 atom stereocenters. The summed E-state index contributed by atoms with van der Waals surface area (Å²) in [5.41, 5.74) is 1.46. The van der Waals surface area contributed by atoms with Crippen LogP contribution in [-0.4, -0.2) is 12.1 Å². The van der Waals surface area contributed by atoms with Gasteiger partial charge in [0.1, 0.15) is 0 Å². The molecule has 0 aliphatic heterocycles. The molecule has 1 N–H and O–H groups in total. The van der Waals surface area contributed by atoms with Crippen molar-refractivity contribution in [3.8, 4) is 0 Å². The molecule has 1 aromatic carbocycles. The van der Waals surface area contributed by atoms with Crippen LogP contribution in [-0.2, 0) is 6.42 Å². The molecule has 0 amide bonds.